The minimum Gasteiger partial charge on any atom is -0.396 e. The first-order valence-electron chi connectivity index (χ1n) is 4.75. The Hall–Kier alpha value is -0.940. The molecule has 15 heavy (non-hydrogen) atoms. The minimum absolute atomic E-state index is 0.158. The summed E-state index contributed by atoms with van der Waals surface area (Å²) in [6.45, 7) is 0.721. The van der Waals surface area contributed by atoms with E-state index in [4.69, 9.17) is 5.11 Å². The van der Waals surface area contributed by atoms with Crippen molar-refractivity contribution in [2.45, 2.75) is 12.8 Å². The van der Waals surface area contributed by atoms with E-state index in [0.717, 1.165) is 6.42 Å². The Balaban J connectivity index is 2.40. The number of halogens is 1. The third-order valence-electron chi connectivity index (χ3n) is 1.82. The molecule has 0 fully saturated rings. The molecule has 0 aliphatic rings. The van der Waals surface area contributed by atoms with Gasteiger partial charge in [0.15, 0.2) is 0 Å². The van der Waals surface area contributed by atoms with Gasteiger partial charge in [-0.15, -0.1) is 0 Å². The second kappa shape index (κ2) is 6.53. The van der Waals surface area contributed by atoms with E-state index in [0.29, 0.717) is 23.3 Å². The zero-order valence-electron chi connectivity index (χ0n) is 8.24. The van der Waals surface area contributed by atoms with Gasteiger partial charge >= 0.3 is 0 Å². The Bertz CT molecular complexity index is 331. The highest BCUT2D eigenvalue weighted by molar-refractivity contribution is 9.10. The minimum atomic E-state index is -0.186. The maximum Gasteiger partial charge on any atom is 0.269 e. The molecule has 0 bridgehead atoms. The lowest BCUT2D eigenvalue weighted by Gasteiger charge is -2.03. The monoisotopic (exact) mass is 272 g/mol. The van der Waals surface area contributed by atoms with Gasteiger partial charge in [0, 0.05) is 13.2 Å². The molecule has 0 spiro atoms. The van der Waals surface area contributed by atoms with Gasteiger partial charge in [0.25, 0.3) is 5.91 Å². The molecule has 0 aromatic carbocycles. The van der Waals surface area contributed by atoms with Crippen LogP contribution >= 0.6 is 15.9 Å². The lowest BCUT2D eigenvalue weighted by molar-refractivity contribution is 0.0947. The Kier molecular flexibility index (Phi) is 5.28. The number of nitrogens with zero attached hydrogens (tertiary/aromatic N) is 1. The Morgan fingerprint density at radius 2 is 2.27 bits per heavy atom. The van der Waals surface area contributed by atoms with Crippen molar-refractivity contribution in [2.24, 2.45) is 0 Å². The zero-order valence-corrected chi connectivity index (χ0v) is 9.83. The van der Waals surface area contributed by atoms with Crippen LogP contribution in [0.1, 0.15) is 23.3 Å². The molecular formula is C10H13BrN2O2. The molecule has 5 heteroatoms. The average Bonchev–Trinajstić information content (AvgIpc) is 2.24. The Morgan fingerprint density at radius 3 is 2.93 bits per heavy atom. The highest BCUT2D eigenvalue weighted by Gasteiger charge is 2.05. The van der Waals surface area contributed by atoms with Gasteiger partial charge in [0.05, 0.1) is 0 Å². The number of carbonyl (C=O) groups is 1. The number of amides is 1. The molecule has 0 saturated carbocycles. The van der Waals surface area contributed by atoms with Crippen molar-refractivity contribution in [3.63, 3.8) is 0 Å². The summed E-state index contributed by atoms with van der Waals surface area (Å²) in [5, 5.41) is 11.3. The van der Waals surface area contributed by atoms with Crippen molar-refractivity contribution in [1.29, 1.82) is 0 Å². The zero-order chi connectivity index (χ0) is 11.1. The normalized spacial score (nSPS) is 10.0. The fraction of sp³-hybridized carbons (Fsp3) is 0.400. The number of aliphatic hydroxyl groups excluding tert-OH is 1. The molecule has 0 saturated heterocycles. The van der Waals surface area contributed by atoms with Gasteiger partial charge in [0.2, 0.25) is 0 Å². The quantitative estimate of drug-likeness (QED) is 0.628. The highest BCUT2D eigenvalue weighted by Crippen LogP contribution is 2.05. The van der Waals surface area contributed by atoms with Crippen LogP contribution in [0.15, 0.2) is 22.8 Å². The first kappa shape index (κ1) is 12.1. The molecular weight excluding hydrogens is 260 g/mol. The molecule has 82 valence electrons. The Labute approximate surface area is 96.8 Å². The summed E-state index contributed by atoms with van der Waals surface area (Å²) < 4.78 is 0.644. The van der Waals surface area contributed by atoms with Crippen LogP contribution in [0.2, 0.25) is 0 Å². The van der Waals surface area contributed by atoms with Crippen molar-refractivity contribution < 1.29 is 9.90 Å². The molecule has 1 heterocycles. The van der Waals surface area contributed by atoms with Crippen molar-refractivity contribution in [2.75, 3.05) is 13.2 Å². The van der Waals surface area contributed by atoms with E-state index in [1.54, 1.807) is 18.2 Å². The van der Waals surface area contributed by atoms with E-state index >= 15 is 0 Å². The van der Waals surface area contributed by atoms with Crippen LogP contribution in [-0.4, -0.2) is 29.1 Å². The molecule has 0 aliphatic heterocycles. The number of nitrogens with one attached hydrogen (secondary N) is 1. The van der Waals surface area contributed by atoms with Crippen molar-refractivity contribution in [3.8, 4) is 0 Å². The molecule has 1 rings (SSSR count). The summed E-state index contributed by atoms with van der Waals surface area (Å²) in [4.78, 5) is 15.5. The van der Waals surface area contributed by atoms with E-state index in [1.165, 1.54) is 0 Å². The maximum absolute atomic E-state index is 11.5. The third kappa shape index (κ3) is 4.40. The van der Waals surface area contributed by atoms with Gasteiger partial charge in [-0.05, 0) is 40.9 Å². The lowest BCUT2D eigenvalue weighted by Crippen LogP contribution is -2.25. The molecule has 0 radical (unpaired) electrons. The van der Waals surface area contributed by atoms with E-state index in [9.17, 15) is 4.79 Å². The largest absolute Gasteiger partial charge is 0.396 e. The standard InChI is InChI=1S/C10H13BrN2O2/c11-9-5-3-4-8(13-9)10(15)12-6-1-2-7-14/h3-5,14H,1-2,6-7H2,(H,12,15). The topological polar surface area (TPSA) is 62.2 Å². The number of aliphatic hydroxyl groups is 1. The number of hydrogen-bond acceptors (Lipinski definition) is 3. The Morgan fingerprint density at radius 1 is 1.47 bits per heavy atom. The van der Waals surface area contributed by atoms with Crippen LogP contribution in [-0.2, 0) is 0 Å². The molecule has 1 amide bonds. The molecule has 1 aromatic rings. The number of unbranched alkanes of at least 4 members (excludes halogenated alkanes) is 1. The smallest absolute Gasteiger partial charge is 0.269 e. The highest BCUT2D eigenvalue weighted by atomic mass is 79.9. The fourth-order valence-corrected chi connectivity index (χ4v) is 1.41. The SMILES string of the molecule is O=C(NCCCCO)c1cccc(Br)n1. The number of pyridine rings is 1. The summed E-state index contributed by atoms with van der Waals surface area (Å²) in [6, 6.07) is 5.19. The molecule has 0 atom stereocenters. The predicted octanol–water partition coefficient (Wildman–Crippen LogP) is 1.35. The van der Waals surface area contributed by atoms with Gasteiger partial charge in [-0.1, -0.05) is 6.07 Å². The summed E-state index contributed by atoms with van der Waals surface area (Å²) in [5.41, 5.74) is 0.397. The van der Waals surface area contributed by atoms with Crippen LogP contribution in [0.3, 0.4) is 0 Å². The lowest BCUT2D eigenvalue weighted by atomic mass is 10.3. The van der Waals surface area contributed by atoms with Crippen molar-refractivity contribution in [1.82, 2.24) is 10.3 Å². The summed E-state index contributed by atoms with van der Waals surface area (Å²) in [7, 11) is 0. The van der Waals surface area contributed by atoms with E-state index in [-0.39, 0.29) is 12.5 Å². The van der Waals surface area contributed by atoms with Crippen LogP contribution < -0.4 is 5.32 Å². The molecule has 1 aromatic heterocycles. The average molecular weight is 273 g/mol. The first-order valence-corrected chi connectivity index (χ1v) is 5.55. The molecule has 4 nitrogen and oxygen atoms in total. The van der Waals surface area contributed by atoms with E-state index in [2.05, 4.69) is 26.2 Å². The molecule has 0 unspecified atom stereocenters. The summed E-state index contributed by atoms with van der Waals surface area (Å²) >= 11 is 3.20. The van der Waals surface area contributed by atoms with E-state index < -0.39 is 0 Å². The van der Waals surface area contributed by atoms with Crippen molar-refractivity contribution >= 4 is 21.8 Å². The van der Waals surface area contributed by atoms with Crippen LogP contribution in [0.4, 0.5) is 0 Å². The van der Waals surface area contributed by atoms with Gasteiger partial charge in [-0.3, -0.25) is 4.79 Å². The third-order valence-corrected chi connectivity index (χ3v) is 2.26. The summed E-state index contributed by atoms with van der Waals surface area (Å²) in [5.74, 6) is -0.186. The van der Waals surface area contributed by atoms with Crippen LogP contribution in [0, 0.1) is 0 Å². The first-order chi connectivity index (χ1) is 7.24. The maximum atomic E-state index is 11.5. The second-order valence-corrected chi connectivity index (χ2v) is 3.84. The number of hydrogen-bond donors (Lipinski definition) is 2. The number of carbonyl (C=O) groups excluding carboxylic acids is 1. The van der Waals surface area contributed by atoms with E-state index in [1.807, 2.05) is 0 Å². The predicted molar refractivity (Wildman–Crippen MR) is 60.6 cm³/mol. The van der Waals surface area contributed by atoms with Crippen LogP contribution in [0.25, 0.3) is 0 Å². The molecule has 2 N–H and O–H groups in total. The second-order valence-electron chi connectivity index (χ2n) is 3.03. The molecule has 0 aliphatic carbocycles. The van der Waals surface area contributed by atoms with Gasteiger partial charge in [-0.2, -0.15) is 0 Å². The number of rotatable bonds is 5. The van der Waals surface area contributed by atoms with Gasteiger partial charge in [-0.25, -0.2) is 4.98 Å². The van der Waals surface area contributed by atoms with Gasteiger partial charge in [0.1, 0.15) is 10.3 Å². The van der Waals surface area contributed by atoms with Crippen LogP contribution in [0.5, 0.6) is 0 Å². The van der Waals surface area contributed by atoms with Gasteiger partial charge < -0.3 is 10.4 Å². The van der Waals surface area contributed by atoms with Crippen molar-refractivity contribution in [3.05, 3.63) is 28.5 Å². The number of aromatic nitrogens is 1. The fourth-order valence-electron chi connectivity index (χ4n) is 1.06. The summed E-state index contributed by atoms with van der Waals surface area (Å²) in [6.07, 6.45) is 1.47.